The third-order valence-corrected chi connectivity index (χ3v) is 8.26. The van der Waals surface area contributed by atoms with Crippen LogP contribution in [-0.4, -0.2) is 4.57 Å². The maximum atomic E-state index is 3.70. The molecule has 0 bridgehead atoms. The van der Waals surface area contributed by atoms with Crippen molar-refractivity contribution in [3.8, 4) is 11.1 Å². The van der Waals surface area contributed by atoms with E-state index in [2.05, 4.69) is 156 Å². The lowest BCUT2D eigenvalue weighted by atomic mass is 10.00. The summed E-state index contributed by atoms with van der Waals surface area (Å²) in [5, 5.41) is 11.3. The van der Waals surface area contributed by atoms with Gasteiger partial charge in [-0.3, -0.25) is 0 Å². The van der Waals surface area contributed by atoms with Gasteiger partial charge in [0, 0.05) is 38.6 Å². The van der Waals surface area contributed by atoms with Crippen LogP contribution < -0.4 is 5.32 Å². The van der Waals surface area contributed by atoms with E-state index in [0.717, 1.165) is 17.8 Å². The fourth-order valence-corrected chi connectivity index (χ4v) is 6.36. The Labute approximate surface area is 233 Å². The molecular formula is C38H28N2. The number of hydrogen-bond donors (Lipinski definition) is 1. The molecule has 1 unspecified atom stereocenters. The summed E-state index contributed by atoms with van der Waals surface area (Å²) in [5.74, 6) is 0. The van der Waals surface area contributed by atoms with Gasteiger partial charge in [0.2, 0.25) is 0 Å². The monoisotopic (exact) mass is 512 g/mol. The number of allylic oxidation sites excluding steroid dienone is 4. The van der Waals surface area contributed by atoms with Crippen LogP contribution in [0, 0.1) is 0 Å². The molecule has 1 N–H and O–H groups in total. The molecule has 0 saturated heterocycles. The minimum atomic E-state index is 0.342. The van der Waals surface area contributed by atoms with Gasteiger partial charge in [-0.2, -0.15) is 0 Å². The molecule has 2 nitrogen and oxygen atoms in total. The number of nitrogens with one attached hydrogen (secondary N) is 1. The van der Waals surface area contributed by atoms with Crippen LogP contribution in [-0.2, 0) is 0 Å². The Balaban J connectivity index is 1.16. The topological polar surface area (TPSA) is 17.0 Å². The zero-order chi connectivity index (χ0) is 26.5. The summed E-state index contributed by atoms with van der Waals surface area (Å²) in [7, 11) is 0. The number of hydrogen-bond acceptors (Lipinski definition) is 1. The van der Waals surface area contributed by atoms with Gasteiger partial charge < -0.3 is 9.88 Å². The van der Waals surface area contributed by atoms with Crippen molar-refractivity contribution < 1.29 is 0 Å². The van der Waals surface area contributed by atoms with E-state index in [4.69, 9.17) is 0 Å². The van der Waals surface area contributed by atoms with Gasteiger partial charge >= 0.3 is 0 Å². The van der Waals surface area contributed by atoms with Crippen molar-refractivity contribution in [3.63, 3.8) is 0 Å². The third-order valence-electron chi connectivity index (χ3n) is 8.26. The molecule has 190 valence electrons. The Bertz CT molecular complexity index is 2110. The largest absolute Gasteiger partial charge is 0.355 e. The maximum Gasteiger partial charge on any atom is 0.0560 e. The number of para-hydroxylation sites is 1. The first-order valence-electron chi connectivity index (χ1n) is 14.0. The molecular weight excluding hydrogens is 484 g/mol. The fourth-order valence-electron chi connectivity index (χ4n) is 6.36. The van der Waals surface area contributed by atoms with E-state index < -0.39 is 0 Å². The molecule has 7 aromatic rings. The molecule has 1 aromatic heterocycles. The molecule has 0 saturated carbocycles. The predicted octanol–water partition coefficient (Wildman–Crippen LogP) is 10.6. The molecule has 0 amide bonds. The van der Waals surface area contributed by atoms with Gasteiger partial charge in [-0.05, 0) is 70.1 Å². The average Bonchev–Trinajstić information content (AvgIpc) is 3.36. The molecule has 8 rings (SSSR count). The smallest absolute Gasteiger partial charge is 0.0560 e. The minimum Gasteiger partial charge on any atom is -0.355 e. The number of fused-ring (bicyclic) bond motifs is 6. The van der Waals surface area contributed by atoms with E-state index in [1.807, 2.05) is 0 Å². The van der Waals surface area contributed by atoms with E-state index in [1.165, 1.54) is 54.5 Å². The van der Waals surface area contributed by atoms with Crippen LogP contribution in [0.15, 0.2) is 146 Å². The Morgan fingerprint density at radius 2 is 1.25 bits per heavy atom. The highest BCUT2D eigenvalue weighted by atomic mass is 15.0. The summed E-state index contributed by atoms with van der Waals surface area (Å²) in [4.78, 5) is 0. The van der Waals surface area contributed by atoms with Crippen LogP contribution in [0.5, 0.6) is 0 Å². The summed E-state index contributed by atoms with van der Waals surface area (Å²) in [6.45, 7) is 0. The molecule has 1 heterocycles. The Hall–Kier alpha value is -5.08. The van der Waals surface area contributed by atoms with Crippen LogP contribution in [0.2, 0.25) is 0 Å². The summed E-state index contributed by atoms with van der Waals surface area (Å²) < 4.78 is 2.50. The van der Waals surface area contributed by atoms with Crippen molar-refractivity contribution >= 4 is 54.7 Å². The van der Waals surface area contributed by atoms with E-state index in [9.17, 15) is 0 Å². The molecule has 1 aliphatic carbocycles. The van der Waals surface area contributed by atoms with Gasteiger partial charge in [0.15, 0.2) is 0 Å². The molecule has 2 heteroatoms. The Kier molecular flexibility index (Phi) is 5.31. The minimum absolute atomic E-state index is 0.342. The van der Waals surface area contributed by atoms with Crippen molar-refractivity contribution in [1.82, 2.24) is 4.57 Å². The van der Waals surface area contributed by atoms with Gasteiger partial charge in [0.05, 0.1) is 6.04 Å². The van der Waals surface area contributed by atoms with Crippen LogP contribution >= 0.6 is 0 Å². The maximum absolute atomic E-state index is 3.70. The zero-order valence-corrected chi connectivity index (χ0v) is 22.1. The number of nitrogens with zero attached hydrogens (tertiary/aromatic N) is 1. The lowest BCUT2D eigenvalue weighted by molar-refractivity contribution is 0.648. The third kappa shape index (κ3) is 3.72. The van der Waals surface area contributed by atoms with Gasteiger partial charge in [0.1, 0.15) is 0 Å². The first kappa shape index (κ1) is 22.9. The molecule has 1 aliphatic rings. The molecule has 0 fully saturated rings. The molecule has 6 aromatic carbocycles. The average molecular weight is 513 g/mol. The SMILES string of the molecule is C1=CCC(n2c3ccccc3c3cc(-c4ccc(Nc5cc6ccccc6c6ccccc56)cc4)ccc32)C=C1. The highest BCUT2D eigenvalue weighted by Crippen LogP contribution is 2.37. The second-order valence-electron chi connectivity index (χ2n) is 10.6. The van der Waals surface area contributed by atoms with Crippen molar-refractivity contribution in [2.75, 3.05) is 5.32 Å². The van der Waals surface area contributed by atoms with E-state index in [1.54, 1.807) is 0 Å². The van der Waals surface area contributed by atoms with Crippen LogP contribution in [0.1, 0.15) is 12.5 Å². The van der Waals surface area contributed by atoms with Gasteiger partial charge in [-0.25, -0.2) is 0 Å². The second kappa shape index (κ2) is 9.29. The molecule has 1 atom stereocenters. The van der Waals surface area contributed by atoms with Crippen molar-refractivity contribution in [3.05, 3.63) is 146 Å². The van der Waals surface area contributed by atoms with Crippen molar-refractivity contribution in [2.45, 2.75) is 12.5 Å². The van der Waals surface area contributed by atoms with E-state index in [0.29, 0.717) is 6.04 Å². The standard InChI is InChI=1S/C38H28N2/c1-2-11-30(12-3-1)40-37-17-9-8-16-34(37)35-24-27(20-23-38(35)40)26-18-21-29(22-19-26)39-36-25-28-10-4-5-13-31(28)32-14-6-7-15-33(32)36/h1-11,13-25,30,39H,12H2. The molecule has 0 aliphatic heterocycles. The highest BCUT2D eigenvalue weighted by molar-refractivity contribution is 6.13. The van der Waals surface area contributed by atoms with E-state index in [-0.39, 0.29) is 0 Å². The molecule has 0 radical (unpaired) electrons. The summed E-state index contributed by atoms with van der Waals surface area (Å²) in [6.07, 6.45) is 9.90. The first-order chi connectivity index (χ1) is 19.8. The van der Waals surface area contributed by atoms with E-state index >= 15 is 0 Å². The Morgan fingerprint density at radius 3 is 2.08 bits per heavy atom. The van der Waals surface area contributed by atoms with Gasteiger partial charge in [0.25, 0.3) is 0 Å². The fraction of sp³-hybridized carbons (Fsp3) is 0.0526. The van der Waals surface area contributed by atoms with Gasteiger partial charge in [-0.15, -0.1) is 0 Å². The first-order valence-corrected chi connectivity index (χ1v) is 14.0. The summed E-state index contributed by atoms with van der Waals surface area (Å²) in [6, 6.07) is 44.4. The van der Waals surface area contributed by atoms with Crippen LogP contribution in [0.3, 0.4) is 0 Å². The van der Waals surface area contributed by atoms with Gasteiger partial charge in [-0.1, -0.05) is 109 Å². The Morgan fingerprint density at radius 1 is 0.550 bits per heavy atom. The normalized spacial score (nSPS) is 14.9. The summed E-state index contributed by atoms with van der Waals surface area (Å²) >= 11 is 0. The lowest BCUT2D eigenvalue weighted by Gasteiger charge is -2.18. The lowest BCUT2D eigenvalue weighted by Crippen LogP contribution is -2.06. The quantitative estimate of drug-likeness (QED) is 0.232. The van der Waals surface area contributed by atoms with Crippen LogP contribution in [0.25, 0.3) is 54.5 Å². The highest BCUT2D eigenvalue weighted by Gasteiger charge is 2.17. The predicted molar refractivity (Wildman–Crippen MR) is 172 cm³/mol. The second-order valence-corrected chi connectivity index (χ2v) is 10.6. The zero-order valence-electron chi connectivity index (χ0n) is 22.1. The van der Waals surface area contributed by atoms with Crippen LogP contribution in [0.4, 0.5) is 11.4 Å². The van der Waals surface area contributed by atoms with Crippen molar-refractivity contribution in [2.24, 2.45) is 0 Å². The molecule has 0 spiro atoms. The number of benzene rings is 6. The van der Waals surface area contributed by atoms with Crippen molar-refractivity contribution in [1.29, 1.82) is 0 Å². The number of anilines is 2. The number of rotatable bonds is 4. The summed E-state index contributed by atoms with van der Waals surface area (Å²) in [5.41, 5.74) is 7.24. The molecule has 40 heavy (non-hydrogen) atoms. The number of aromatic nitrogens is 1.